The average Bonchev–Trinajstić information content (AvgIpc) is 3.16. The van der Waals surface area contributed by atoms with E-state index in [-0.39, 0.29) is 6.54 Å². The molecule has 2 heterocycles. The molecule has 2 aromatic heterocycles. The van der Waals surface area contributed by atoms with Crippen molar-refractivity contribution >= 4 is 38.3 Å². The van der Waals surface area contributed by atoms with Gasteiger partial charge in [-0.1, -0.05) is 18.2 Å². The largest absolute Gasteiger partial charge is 0.497 e. The van der Waals surface area contributed by atoms with Gasteiger partial charge < -0.3 is 9.84 Å². The Morgan fingerprint density at radius 3 is 2.38 bits per heavy atom. The van der Waals surface area contributed by atoms with E-state index >= 15 is 0 Å². The Bertz CT molecular complexity index is 1550. The maximum absolute atomic E-state index is 13.3. The highest BCUT2D eigenvalue weighted by molar-refractivity contribution is 7.84. The van der Waals surface area contributed by atoms with Crippen LogP contribution in [0.15, 0.2) is 63.0 Å². The van der Waals surface area contributed by atoms with Gasteiger partial charge in [0.15, 0.2) is 0 Å². The molecule has 1 unspecified atom stereocenters. The van der Waals surface area contributed by atoms with Gasteiger partial charge >= 0.3 is 11.7 Å². The Morgan fingerprint density at radius 1 is 1.09 bits per heavy atom. The van der Waals surface area contributed by atoms with E-state index in [9.17, 15) is 23.7 Å². The highest BCUT2D eigenvalue weighted by Gasteiger charge is 2.22. The number of ether oxygens (including phenoxy) is 1. The summed E-state index contributed by atoms with van der Waals surface area (Å²) in [5.41, 5.74) is 0.802. The zero-order valence-corrected chi connectivity index (χ0v) is 20.4. The van der Waals surface area contributed by atoms with Crippen LogP contribution in [-0.4, -0.2) is 37.8 Å². The van der Waals surface area contributed by atoms with Gasteiger partial charge in [-0.05, 0) is 53.9 Å². The highest BCUT2D eigenvalue weighted by Crippen LogP contribution is 2.37. The molecule has 4 aromatic rings. The van der Waals surface area contributed by atoms with Crippen molar-refractivity contribution in [3.05, 3.63) is 80.5 Å². The summed E-state index contributed by atoms with van der Waals surface area (Å²) in [5.74, 6) is -0.601. The van der Waals surface area contributed by atoms with Crippen molar-refractivity contribution < 1.29 is 18.8 Å². The molecular formula is C24H22N2O6S2. The van der Waals surface area contributed by atoms with Crippen LogP contribution >= 0.6 is 11.3 Å². The number of aromatic nitrogens is 2. The minimum atomic E-state index is -1.29. The van der Waals surface area contributed by atoms with Crippen molar-refractivity contribution in [2.24, 2.45) is 0 Å². The van der Waals surface area contributed by atoms with Crippen molar-refractivity contribution in [3.8, 4) is 16.2 Å². The number of fused-ring (bicyclic) bond motifs is 1. The second-order valence-corrected chi connectivity index (χ2v) is 10.0. The van der Waals surface area contributed by atoms with Crippen molar-refractivity contribution in [1.29, 1.82) is 0 Å². The van der Waals surface area contributed by atoms with Gasteiger partial charge in [-0.25, -0.2) is 9.36 Å². The number of carbonyl (C=O) groups is 1. The fraction of sp³-hybridized carbons (Fsp3) is 0.208. The topological polar surface area (TPSA) is 108 Å². The third-order valence-corrected chi connectivity index (χ3v) is 7.93. The molecule has 0 aliphatic rings. The molecule has 0 saturated heterocycles. The van der Waals surface area contributed by atoms with Gasteiger partial charge in [0.25, 0.3) is 5.56 Å². The SMILES string of the molecule is COc1ccc(-c2sc3c(c2C)c(=O)n(CC(=O)O)c(=O)n3Cc2ccccc2S(C)=O)cc1. The Balaban J connectivity index is 2.02. The van der Waals surface area contributed by atoms with Crippen LogP contribution in [0.2, 0.25) is 0 Å². The van der Waals surface area contributed by atoms with Crippen LogP contribution in [-0.2, 0) is 28.7 Å². The van der Waals surface area contributed by atoms with Crippen LogP contribution in [0.5, 0.6) is 5.75 Å². The third kappa shape index (κ3) is 4.22. The Kier molecular flexibility index (Phi) is 6.54. The number of methoxy groups -OCH3 is 1. The monoisotopic (exact) mass is 498 g/mol. The molecule has 34 heavy (non-hydrogen) atoms. The predicted octanol–water partition coefficient (Wildman–Crippen LogP) is 3.08. The zero-order valence-electron chi connectivity index (χ0n) is 18.7. The number of nitrogens with zero attached hydrogens (tertiary/aromatic N) is 2. The van der Waals surface area contributed by atoms with Crippen LogP contribution < -0.4 is 16.0 Å². The second-order valence-electron chi connectivity index (χ2n) is 7.68. The number of benzene rings is 2. The summed E-state index contributed by atoms with van der Waals surface area (Å²) in [6.45, 7) is 1.09. The molecule has 1 N–H and O–H groups in total. The molecule has 1 atom stereocenters. The van der Waals surface area contributed by atoms with Gasteiger partial charge in [0.1, 0.15) is 17.1 Å². The number of hydrogen-bond acceptors (Lipinski definition) is 6. The molecule has 8 nitrogen and oxygen atoms in total. The quantitative estimate of drug-likeness (QED) is 0.420. The summed E-state index contributed by atoms with van der Waals surface area (Å²) in [4.78, 5) is 39.8. The van der Waals surface area contributed by atoms with Crippen LogP contribution in [0.1, 0.15) is 11.1 Å². The number of aliphatic carboxylic acids is 1. The van der Waals surface area contributed by atoms with E-state index in [4.69, 9.17) is 4.74 Å². The molecule has 0 radical (unpaired) electrons. The standard InChI is InChI=1S/C24H22N2O6S2/c1-14-20-22(29)25(13-19(27)28)24(30)26(12-16-6-4-5-7-18(16)34(3)31)23(20)33-21(14)15-8-10-17(32-2)11-9-15/h4-11H,12-13H2,1-3H3,(H,27,28). The Morgan fingerprint density at radius 2 is 1.76 bits per heavy atom. The molecule has 10 heteroatoms. The number of thiophene rings is 1. The summed E-state index contributed by atoms with van der Waals surface area (Å²) in [6.07, 6.45) is 1.56. The lowest BCUT2D eigenvalue weighted by molar-refractivity contribution is -0.137. The van der Waals surface area contributed by atoms with Gasteiger partial charge in [-0.3, -0.25) is 18.4 Å². The fourth-order valence-electron chi connectivity index (χ4n) is 3.91. The van der Waals surface area contributed by atoms with Crippen LogP contribution in [0.4, 0.5) is 0 Å². The molecule has 4 rings (SSSR count). The summed E-state index contributed by atoms with van der Waals surface area (Å²) < 4.78 is 19.6. The summed E-state index contributed by atoms with van der Waals surface area (Å²) >= 11 is 1.29. The summed E-state index contributed by atoms with van der Waals surface area (Å²) in [7, 11) is 0.282. The molecule has 0 aliphatic carbocycles. The van der Waals surface area contributed by atoms with Crippen LogP contribution in [0, 0.1) is 6.92 Å². The van der Waals surface area contributed by atoms with E-state index in [0.29, 0.717) is 32.0 Å². The van der Waals surface area contributed by atoms with Gasteiger partial charge in [0.05, 0.1) is 29.8 Å². The number of carboxylic acid groups (broad SMARTS) is 1. The van der Waals surface area contributed by atoms with E-state index in [2.05, 4.69) is 0 Å². The first kappa shape index (κ1) is 23.7. The molecule has 0 fully saturated rings. The average molecular weight is 499 g/mol. The maximum atomic E-state index is 13.3. The maximum Gasteiger partial charge on any atom is 0.332 e. The molecule has 0 aliphatic heterocycles. The van der Waals surface area contributed by atoms with Crippen molar-refractivity contribution in [3.63, 3.8) is 0 Å². The Labute approximate surface area is 201 Å². The molecule has 0 saturated carbocycles. The van der Waals surface area contributed by atoms with E-state index < -0.39 is 34.6 Å². The molecule has 2 aromatic carbocycles. The minimum Gasteiger partial charge on any atom is -0.497 e. The van der Waals surface area contributed by atoms with Crippen molar-refractivity contribution in [2.75, 3.05) is 13.4 Å². The van der Waals surface area contributed by atoms with Crippen LogP contribution in [0.3, 0.4) is 0 Å². The second kappa shape index (κ2) is 9.40. The van der Waals surface area contributed by atoms with E-state index in [1.54, 1.807) is 44.6 Å². The number of rotatable bonds is 7. The molecule has 176 valence electrons. The lowest BCUT2D eigenvalue weighted by Crippen LogP contribution is -2.41. The van der Waals surface area contributed by atoms with E-state index in [1.807, 2.05) is 24.3 Å². The predicted molar refractivity (Wildman–Crippen MR) is 133 cm³/mol. The first-order valence-electron chi connectivity index (χ1n) is 10.3. The first-order valence-corrected chi connectivity index (χ1v) is 12.6. The fourth-order valence-corrected chi connectivity index (χ4v) is 5.98. The molecule has 0 spiro atoms. The lowest BCUT2D eigenvalue weighted by Gasteiger charge is -2.13. The normalized spacial score (nSPS) is 12.1. The number of aryl methyl sites for hydroxylation is 1. The highest BCUT2D eigenvalue weighted by atomic mass is 32.2. The van der Waals surface area contributed by atoms with Gasteiger partial charge in [-0.2, -0.15) is 0 Å². The number of carboxylic acids is 1. The zero-order chi connectivity index (χ0) is 24.6. The minimum absolute atomic E-state index is 0.0486. The van der Waals surface area contributed by atoms with E-state index in [1.165, 1.54) is 15.9 Å². The third-order valence-electron chi connectivity index (χ3n) is 5.55. The summed E-state index contributed by atoms with van der Waals surface area (Å²) in [6, 6.07) is 14.4. The summed E-state index contributed by atoms with van der Waals surface area (Å²) in [5, 5.41) is 9.63. The molecule has 0 amide bonds. The molecular weight excluding hydrogens is 476 g/mol. The van der Waals surface area contributed by atoms with Gasteiger partial charge in [0.2, 0.25) is 0 Å². The Hall–Kier alpha value is -3.50. The smallest absolute Gasteiger partial charge is 0.332 e. The van der Waals surface area contributed by atoms with Crippen molar-refractivity contribution in [1.82, 2.24) is 9.13 Å². The van der Waals surface area contributed by atoms with Crippen molar-refractivity contribution in [2.45, 2.75) is 24.9 Å². The van der Waals surface area contributed by atoms with Gasteiger partial charge in [0, 0.05) is 16.0 Å². The van der Waals surface area contributed by atoms with Gasteiger partial charge in [-0.15, -0.1) is 11.3 Å². The van der Waals surface area contributed by atoms with E-state index in [0.717, 1.165) is 15.0 Å². The van der Waals surface area contributed by atoms with Crippen LogP contribution in [0.25, 0.3) is 20.7 Å². The molecule has 0 bridgehead atoms. The number of hydrogen-bond donors (Lipinski definition) is 1. The lowest BCUT2D eigenvalue weighted by atomic mass is 10.1. The first-order chi connectivity index (χ1) is 16.2.